The number of hydrogen-bond donors (Lipinski definition) is 2. The second-order valence-corrected chi connectivity index (χ2v) is 5.11. The number of thiazole rings is 1. The van der Waals surface area contributed by atoms with Crippen LogP contribution >= 0.6 is 11.3 Å². The highest BCUT2D eigenvalue weighted by molar-refractivity contribution is 7.09. The molecule has 0 saturated carbocycles. The van der Waals surface area contributed by atoms with Crippen molar-refractivity contribution in [1.29, 1.82) is 0 Å². The summed E-state index contributed by atoms with van der Waals surface area (Å²) in [6.45, 7) is 3.94. The summed E-state index contributed by atoms with van der Waals surface area (Å²) in [5.74, 6) is -1.24. The van der Waals surface area contributed by atoms with Crippen LogP contribution in [0.1, 0.15) is 44.3 Å². The summed E-state index contributed by atoms with van der Waals surface area (Å²) in [4.78, 5) is 27.1. The van der Waals surface area contributed by atoms with Gasteiger partial charge in [0.2, 0.25) is 0 Å². The number of carboxylic acid groups (broad SMARTS) is 1. The highest BCUT2D eigenvalue weighted by Gasteiger charge is 2.19. The van der Waals surface area contributed by atoms with Crippen molar-refractivity contribution in [2.75, 3.05) is 0 Å². The van der Waals surface area contributed by atoms with Crippen LogP contribution in [0, 0.1) is 6.92 Å². The summed E-state index contributed by atoms with van der Waals surface area (Å²) in [6, 6.07) is 1.25. The summed E-state index contributed by atoms with van der Waals surface area (Å²) in [6.07, 6.45) is 0.417. The zero-order chi connectivity index (χ0) is 14.7. The van der Waals surface area contributed by atoms with Crippen LogP contribution in [0.3, 0.4) is 0 Å². The van der Waals surface area contributed by atoms with Gasteiger partial charge in [-0.15, -0.1) is 11.3 Å². The number of carbonyl (C=O) groups is 2. The van der Waals surface area contributed by atoms with Crippen molar-refractivity contribution >= 4 is 23.2 Å². The van der Waals surface area contributed by atoms with Crippen LogP contribution in [0.15, 0.2) is 15.9 Å². The molecule has 20 heavy (non-hydrogen) atoms. The van der Waals surface area contributed by atoms with E-state index in [2.05, 4.69) is 10.3 Å². The Labute approximate surface area is 119 Å². The highest BCUT2D eigenvalue weighted by Crippen LogP contribution is 2.17. The van der Waals surface area contributed by atoms with Crippen LogP contribution in [-0.2, 0) is 13.0 Å². The number of aromatic nitrogens is 1. The molecule has 0 atom stereocenters. The lowest BCUT2D eigenvalue weighted by Crippen LogP contribution is -2.22. The third-order valence-corrected chi connectivity index (χ3v) is 3.62. The lowest BCUT2D eigenvalue weighted by molar-refractivity contribution is 0.0694. The fourth-order valence-corrected chi connectivity index (χ4v) is 2.42. The molecule has 2 heterocycles. The van der Waals surface area contributed by atoms with E-state index in [-0.39, 0.29) is 11.3 Å². The molecule has 2 N–H and O–H groups in total. The monoisotopic (exact) mass is 294 g/mol. The van der Waals surface area contributed by atoms with Gasteiger partial charge >= 0.3 is 5.97 Å². The van der Waals surface area contributed by atoms with E-state index in [0.29, 0.717) is 18.7 Å². The van der Waals surface area contributed by atoms with E-state index in [0.717, 1.165) is 10.7 Å². The number of nitrogens with zero attached hydrogens (tertiary/aromatic N) is 1. The van der Waals surface area contributed by atoms with E-state index in [1.807, 2.05) is 12.3 Å². The topological polar surface area (TPSA) is 92.4 Å². The molecule has 0 radical (unpaired) electrons. The molecular formula is C13H14N2O4S. The number of carbonyl (C=O) groups excluding carboxylic acids is 1. The molecule has 2 rings (SSSR count). The highest BCUT2D eigenvalue weighted by atomic mass is 32.1. The largest absolute Gasteiger partial charge is 0.478 e. The van der Waals surface area contributed by atoms with E-state index in [4.69, 9.17) is 9.52 Å². The van der Waals surface area contributed by atoms with Gasteiger partial charge < -0.3 is 14.8 Å². The summed E-state index contributed by atoms with van der Waals surface area (Å²) < 4.78 is 5.27. The van der Waals surface area contributed by atoms with Gasteiger partial charge in [-0.3, -0.25) is 4.79 Å². The predicted octanol–water partition coefficient (Wildman–Crippen LogP) is 2.24. The Morgan fingerprint density at radius 1 is 1.50 bits per heavy atom. The smallest absolute Gasteiger partial charge is 0.339 e. The van der Waals surface area contributed by atoms with Crippen LogP contribution in [0.2, 0.25) is 0 Å². The van der Waals surface area contributed by atoms with Crippen molar-refractivity contribution in [2.45, 2.75) is 26.8 Å². The average Bonchev–Trinajstić information content (AvgIpc) is 3.01. The molecule has 0 bridgehead atoms. The Morgan fingerprint density at radius 3 is 2.75 bits per heavy atom. The molecule has 1 amide bonds. The van der Waals surface area contributed by atoms with Crippen LogP contribution in [0.4, 0.5) is 0 Å². The molecule has 0 fully saturated rings. The van der Waals surface area contributed by atoms with Gasteiger partial charge in [0.15, 0.2) is 5.76 Å². The van der Waals surface area contributed by atoms with E-state index in [1.165, 1.54) is 17.4 Å². The molecule has 2 aromatic rings. The molecule has 0 spiro atoms. The fraction of sp³-hybridized carbons (Fsp3) is 0.308. The minimum atomic E-state index is -1.10. The number of nitrogens with one attached hydrogen (secondary N) is 1. The first-order chi connectivity index (χ1) is 9.51. The SMILES string of the molecule is CCc1oc(C(=O)NCc2nc(C)cs2)cc1C(=O)O. The first-order valence-corrected chi connectivity index (χ1v) is 6.94. The standard InChI is InChI=1S/C13H14N2O4S/c1-3-9-8(13(17)18)4-10(19-9)12(16)14-5-11-15-7(2)6-20-11/h4,6H,3,5H2,1-2H3,(H,14,16)(H,17,18). The number of furan rings is 1. The number of rotatable bonds is 5. The third kappa shape index (κ3) is 3.05. The Hall–Kier alpha value is -2.15. The first-order valence-electron chi connectivity index (χ1n) is 6.06. The summed E-state index contributed by atoms with van der Waals surface area (Å²) in [7, 11) is 0. The molecule has 0 aliphatic heterocycles. The third-order valence-electron chi connectivity index (χ3n) is 2.65. The molecule has 0 aliphatic carbocycles. The van der Waals surface area contributed by atoms with Crippen molar-refractivity contribution in [3.8, 4) is 0 Å². The second kappa shape index (κ2) is 5.87. The molecule has 106 valence electrons. The van der Waals surface area contributed by atoms with Crippen molar-refractivity contribution in [1.82, 2.24) is 10.3 Å². The summed E-state index contributed by atoms with van der Waals surface area (Å²) in [5, 5.41) is 14.3. The summed E-state index contributed by atoms with van der Waals surface area (Å²) >= 11 is 1.45. The molecule has 0 aliphatic rings. The van der Waals surface area contributed by atoms with Crippen molar-refractivity contribution in [3.05, 3.63) is 39.2 Å². The minimum Gasteiger partial charge on any atom is -0.478 e. The fourth-order valence-electron chi connectivity index (χ4n) is 1.71. The van der Waals surface area contributed by atoms with E-state index >= 15 is 0 Å². The second-order valence-electron chi connectivity index (χ2n) is 4.17. The molecule has 2 aromatic heterocycles. The Morgan fingerprint density at radius 2 is 2.25 bits per heavy atom. The maximum Gasteiger partial charge on any atom is 0.339 e. The molecule has 0 saturated heterocycles. The van der Waals surface area contributed by atoms with Gasteiger partial charge in [-0.05, 0) is 6.92 Å². The predicted molar refractivity (Wildman–Crippen MR) is 73.1 cm³/mol. The molecule has 6 nitrogen and oxygen atoms in total. The Kier molecular flexibility index (Phi) is 4.19. The van der Waals surface area contributed by atoms with Crippen molar-refractivity contribution in [3.63, 3.8) is 0 Å². The Balaban J connectivity index is 2.07. The van der Waals surface area contributed by atoms with Crippen LogP contribution in [0.5, 0.6) is 0 Å². The van der Waals surface area contributed by atoms with E-state index in [1.54, 1.807) is 6.92 Å². The lowest BCUT2D eigenvalue weighted by atomic mass is 10.2. The number of carboxylic acids is 1. The first kappa shape index (κ1) is 14.3. The normalized spacial score (nSPS) is 10.5. The summed E-state index contributed by atoms with van der Waals surface area (Å²) in [5.41, 5.74) is 0.932. The van der Waals surface area contributed by atoms with Crippen molar-refractivity contribution < 1.29 is 19.1 Å². The number of hydrogen-bond acceptors (Lipinski definition) is 5. The van der Waals surface area contributed by atoms with Gasteiger partial charge in [0, 0.05) is 23.6 Å². The van der Waals surface area contributed by atoms with Gasteiger partial charge in [0.25, 0.3) is 5.91 Å². The number of amides is 1. The molecule has 0 unspecified atom stereocenters. The van der Waals surface area contributed by atoms with Gasteiger partial charge in [-0.1, -0.05) is 6.92 Å². The minimum absolute atomic E-state index is 0.00697. The van der Waals surface area contributed by atoms with Gasteiger partial charge in [0.1, 0.15) is 16.3 Å². The molecular weight excluding hydrogens is 280 g/mol. The number of aryl methyl sites for hydroxylation is 2. The van der Waals surface area contributed by atoms with Gasteiger partial charge in [-0.25, -0.2) is 9.78 Å². The van der Waals surface area contributed by atoms with Crippen molar-refractivity contribution in [2.24, 2.45) is 0 Å². The van der Waals surface area contributed by atoms with Crippen LogP contribution in [-0.4, -0.2) is 22.0 Å². The zero-order valence-electron chi connectivity index (χ0n) is 11.1. The van der Waals surface area contributed by atoms with Crippen LogP contribution < -0.4 is 5.32 Å². The van der Waals surface area contributed by atoms with E-state index in [9.17, 15) is 9.59 Å². The average molecular weight is 294 g/mol. The zero-order valence-corrected chi connectivity index (χ0v) is 11.9. The maximum absolute atomic E-state index is 11.9. The van der Waals surface area contributed by atoms with E-state index < -0.39 is 11.9 Å². The maximum atomic E-state index is 11.9. The number of aromatic carboxylic acids is 1. The van der Waals surface area contributed by atoms with Crippen LogP contribution in [0.25, 0.3) is 0 Å². The lowest BCUT2D eigenvalue weighted by Gasteiger charge is -1.99. The van der Waals surface area contributed by atoms with Gasteiger partial charge in [0.05, 0.1) is 6.54 Å². The van der Waals surface area contributed by atoms with Gasteiger partial charge in [-0.2, -0.15) is 0 Å². The molecule has 7 heteroatoms. The quantitative estimate of drug-likeness (QED) is 0.882. The Bertz CT molecular complexity index is 645. The molecule has 0 aromatic carbocycles.